The van der Waals surface area contributed by atoms with Gasteiger partial charge in [-0.3, -0.25) is 4.68 Å². The molecule has 0 fully saturated rings. The van der Waals surface area contributed by atoms with Crippen molar-refractivity contribution in [2.24, 2.45) is 0 Å². The highest BCUT2D eigenvalue weighted by atomic mass is 16.5. The van der Waals surface area contributed by atoms with Gasteiger partial charge in [0.1, 0.15) is 17.4 Å². The molecule has 2 aromatic rings. The number of hydrogen-bond acceptors (Lipinski definition) is 4. The third-order valence-electron chi connectivity index (χ3n) is 3.83. The molecule has 0 radical (unpaired) electrons. The second kappa shape index (κ2) is 9.05. The van der Waals surface area contributed by atoms with Gasteiger partial charge in [0.2, 0.25) is 0 Å². The van der Waals surface area contributed by atoms with Crippen LogP contribution in [0.5, 0.6) is 5.75 Å². The molecule has 0 aliphatic carbocycles. The van der Waals surface area contributed by atoms with E-state index in [1.165, 1.54) is 0 Å². The van der Waals surface area contributed by atoms with Gasteiger partial charge in [0.15, 0.2) is 0 Å². The predicted molar refractivity (Wildman–Crippen MR) is 98.0 cm³/mol. The Balaban J connectivity index is 1.79. The van der Waals surface area contributed by atoms with Gasteiger partial charge in [-0.2, -0.15) is 5.10 Å². The lowest BCUT2D eigenvalue weighted by Crippen LogP contribution is -2.30. The monoisotopic (exact) mass is 345 g/mol. The maximum Gasteiger partial charge on any atom is 0.319 e. The number of aromatic nitrogens is 3. The first-order valence-corrected chi connectivity index (χ1v) is 8.68. The van der Waals surface area contributed by atoms with Crippen LogP contribution in [0, 0.1) is 13.8 Å². The Morgan fingerprint density at radius 1 is 1.32 bits per heavy atom. The normalized spacial score (nSPS) is 11.8. The maximum atomic E-state index is 12.1. The van der Waals surface area contributed by atoms with Crippen molar-refractivity contribution in [3.63, 3.8) is 0 Å². The van der Waals surface area contributed by atoms with Gasteiger partial charge in [0, 0.05) is 13.1 Å². The van der Waals surface area contributed by atoms with Crippen molar-refractivity contribution in [2.75, 3.05) is 11.9 Å². The fourth-order valence-corrected chi connectivity index (χ4v) is 2.34. The average molecular weight is 345 g/mol. The van der Waals surface area contributed by atoms with E-state index in [1.54, 1.807) is 0 Å². The number of urea groups is 1. The van der Waals surface area contributed by atoms with E-state index in [4.69, 9.17) is 4.74 Å². The number of carbonyl (C=O) groups is 1. The first-order chi connectivity index (χ1) is 12.0. The SMILES string of the molecule is CCC(C)Oc1ccccc1NC(=O)NCCCn1nc(C)nc1C. The molecule has 0 bridgehead atoms. The highest BCUT2D eigenvalue weighted by Gasteiger charge is 2.09. The van der Waals surface area contributed by atoms with Gasteiger partial charge in [0.05, 0.1) is 11.8 Å². The smallest absolute Gasteiger partial charge is 0.319 e. The third-order valence-corrected chi connectivity index (χ3v) is 3.83. The highest BCUT2D eigenvalue weighted by Crippen LogP contribution is 2.25. The van der Waals surface area contributed by atoms with Crippen molar-refractivity contribution in [1.29, 1.82) is 0 Å². The summed E-state index contributed by atoms with van der Waals surface area (Å²) in [6.07, 6.45) is 1.78. The van der Waals surface area contributed by atoms with Crippen LogP contribution in [0.1, 0.15) is 38.3 Å². The van der Waals surface area contributed by atoms with Crippen molar-refractivity contribution in [3.05, 3.63) is 35.9 Å². The molecule has 1 unspecified atom stereocenters. The molecular weight excluding hydrogens is 318 g/mol. The number of amides is 2. The Hall–Kier alpha value is -2.57. The summed E-state index contributed by atoms with van der Waals surface area (Å²) in [6.45, 7) is 9.14. The summed E-state index contributed by atoms with van der Waals surface area (Å²) in [5, 5.41) is 10.0. The molecule has 0 aliphatic heterocycles. The molecule has 136 valence electrons. The van der Waals surface area contributed by atoms with E-state index >= 15 is 0 Å². The van der Waals surface area contributed by atoms with Gasteiger partial charge in [-0.15, -0.1) is 0 Å². The van der Waals surface area contributed by atoms with Crippen LogP contribution < -0.4 is 15.4 Å². The second-order valence-corrected chi connectivity index (χ2v) is 6.00. The van der Waals surface area contributed by atoms with Gasteiger partial charge in [-0.05, 0) is 45.7 Å². The van der Waals surface area contributed by atoms with E-state index in [1.807, 2.05) is 49.7 Å². The minimum Gasteiger partial charge on any atom is -0.489 e. The second-order valence-electron chi connectivity index (χ2n) is 6.00. The van der Waals surface area contributed by atoms with Gasteiger partial charge in [0.25, 0.3) is 0 Å². The number of hydrogen-bond donors (Lipinski definition) is 2. The molecule has 25 heavy (non-hydrogen) atoms. The molecule has 2 rings (SSSR count). The average Bonchev–Trinajstić information content (AvgIpc) is 2.90. The molecule has 2 N–H and O–H groups in total. The van der Waals surface area contributed by atoms with E-state index in [-0.39, 0.29) is 12.1 Å². The summed E-state index contributed by atoms with van der Waals surface area (Å²) in [6, 6.07) is 7.21. The van der Waals surface area contributed by atoms with Crippen LogP contribution in [-0.4, -0.2) is 33.4 Å². The molecule has 0 aliphatic rings. The molecule has 1 atom stereocenters. The highest BCUT2D eigenvalue weighted by molar-refractivity contribution is 5.90. The quantitative estimate of drug-likeness (QED) is 0.720. The Kier molecular flexibility index (Phi) is 6.80. The molecule has 1 aromatic heterocycles. The van der Waals surface area contributed by atoms with Crippen LogP contribution in [-0.2, 0) is 6.54 Å². The summed E-state index contributed by atoms with van der Waals surface area (Å²) in [7, 11) is 0. The van der Waals surface area contributed by atoms with Gasteiger partial charge in [-0.1, -0.05) is 19.1 Å². The van der Waals surface area contributed by atoms with Crippen LogP contribution >= 0.6 is 0 Å². The largest absolute Gasteiger partial charge is 0.489 e. The molecular formula is C18H27N5O2. The maximum absolute atomic E-state index is 12.1. The molecule has 0 saturated heterocycles. The lowest BCUT2D eigenvalue weighted by molar-refractivity contribution is 0.218. The number of nitrogens with zero attached hydrogens (tertiary/aromatic N) is 3. The minimum atomic E-state index is -0.244. The first kappa shape index (κ1) is 18.8. The molecule has 0 saturated carbocycles. The van der Waals surface area contributed by atoms with Crippen LogP contribution in [0.25, 0.3) is 0 Å². The van der Waals surface area contributed by atoms with Gasteiger partial charge < -0.3 is 15.4 Å². The summed E-state index contributed by atoms with van der Waals surface area (Å²) in [5.74, 6) is 2.33. The lowest BCUT2D eigenvalue weighted by Gasteiger charge is -2.16. The van der Waals surface area contributed by atoms with Crippen LogP contribution in [0.2, 0.25) is 0 Å². The summed E-state index contributed by atoms with van der Waals surface area (Å²) >= 11 is 0. The van der Waals surface area contributed by atoms with E-state index in [0.29, 0.717) is 18.0 Å². The third kappa shape index (κ3) is 5.77. The summed E-state index contributed by atoms with van der Waals surface area (Å²) in [5.41, 5.74) is 0.669. The Bertz CT molecular complexity index is 699. The molecule has 7 nitrogen and oxygen atoms in total. The zero-order valence-corrected chi connectivity index (χ0v) is 15.4. The van der Waals surface area contributed by atoms with E-state index in [0.717, 1.165) is 31.0 Å². The number of para-hydroxylation sites is 2. The molecule has 7 heteroatoms. The molecule has 2 amide bonds. The zero-order chi connectivity index (χ0) is 18.2. The Morgan fingerprint density at radius 2 is 2.08 bits per heavy atom. The van der Waals surface area contributed by atoms with Crippen molar-refractivity contribution in [3.8, 4) is 5.75 Å². The minimum absolute atomic E-state index is 0.0976. The van der Waals surface area contributed by atoms with Gasteiger partial charge >= 0.3 is 6.03 Å². The topological polar surface area (TPSA) is 81.1 Å². The predicted octanol–water partition coefficient (Wildman–Crippen LogP) is 3.28. The molecule has 0 spiro atoms. The van der Waals surface area contributed by atoms with Crippen molar-refractivity contribution in [1.82, 2.24) is 20.1 Å². The number of benzene rings is 1. The first-order valence-electron chi connectivity index (χ1n) is 8.68. The van der Waals surface area contributed by atoms with Crippen LogP contribution in [0.15, 0.2) is 24.3 Å². The summed E-state index contributed by atoms with van der Waals surface area (Å²) in [4.78, 5) is 16.3. The number of carbonyl (C=O) groups excluding carboxylic acids is 1. The van der Waals surface area contributed by atoms with Crippen molar-refractivity contribution < 1.29 is 9.53 Å². The number of aryl methyl sites for hydroxylation is 3. The lowest BCUT2D eigenvalue weighted by atomic mass is 10.2. The summed E-state index contributed by atoms with van der Waals surface area (Å²) < 4.78 is 7.68. The zero-order valence-electron chi connectivity index (χ0n) is 15.4. The number of ether oxygens (including phenoxy) is 1. The molecule has 1 heterocycles. The van der Waals surface area contributed by atoms with E-state index in [2.05, 4.69) is 27.6 Å². The standard InChI is InChI=1S/C18H27N5O2/c1-5-13(2)25-17-10-7-6-9-16(17)21-18(24)19-11-8-12-23-15(4)20-14(3)22-23/h6-7,9-10,13H,5,8,11-12H2,1-4H3,(H2,19,21,24). The molecule has 1 aromatic carbocycles. The van der Waals surface area contributed by atoms with Crippen molar-refractivity contribution in [2.45, 2.75) is 53.2 Å². The number of anilines is 1. The number of rotatable bonds is 8. The fraction of sp³-hybridized carbons (Fsp3) is 0.500. The number of nitrogens with one attached hydrogen (secondary N) is 2. The fourth-order valence-electron chi connectivity index (χ4n) is 2.34. The van der Waals surface area contributed by atoms with Crippen LogP contribution in [0.3, 0.4) is 0 Å². The van der Waals surface area contributed by atoms with E-state index in [9.17, 15) is 4.79 Å². The Labute approximate surface area is 148 Å². The Morgan fingerprint density at radius 3 is 2.76 bits per heavy atom. The van der Waals surface area contributed by atoms with Gasteiger partial charge in [-0.25, -0.2) is 9.78 Å². The van der Waals surface area contributed by atoms with Crippen molar-refractivity contribution >= 4 is 11.7 Å². The van der Waals surface area contributed by atoms with Crippen LogP contribution in [0.4, 0.5) is 10.5 Å². The van der Waals surface area contributed by atoms with E-state index < -0.39 is 0 Å².